The first-order valence-corrected chi connectivity index (χ1v) is 8.89. The van der Waals surface area contributed by atoms with Crippen LogP contribution in [0.25, 0.3) is 16.8 Å². The fourth-order valence-electron chi connectivity index (χ4n) is 3.10. The number of alkyl halides is 3. The number of imidazole rings is 1. The van der Waals surface area contributed by atoms with Gasteiger partial charge < -0.3 is 4.74 Å². The monoisotopic (exact) mass is 377 g/mol. The minimum absolute atomic E-state index is 0.170. The lowest BCUT2D eigenvalue weighted by molar-refractivity contribution is -0.140. The molecule has 0 aliphatic heterocycles. The molecule has 0 unspecified atom stereocenters. The molecule has 4 nitrogen and oxygen atoms in total. The lowest BCUT2D eigenvalue weighted by Crippen LogP contribution is -2.10. The molecule has 0 saturated carbocycles. The Morgan fingerprint density at radius 2 is 1.78 bits per heavy atom. The van der Waals surface area contributed by atoms with Crippen LogP contribution in [0.15, 0.2) is 42.7 Å². The molecule has 3 aromatic rings. The molecule has 0 N–H and O–H groups in total. The van der Waals surface area contributed by atoms with Crippen LogP contribution in [-0.4, -0.2) is 21.2 Å². The quantitative estimate of drug-likeness (QED) is 0.571. The predicted octanol–water partition coefficient (Wildman–Crippen LogP) is 5.48. The zero-order valence-electron chi connectivity index (χ0n) is 15.5. The molecule has 2 heterocycles. The average Bonchev–Trinajstić information content (AvgIpc) is 3.04. The van der Waals surface area contributed by atoms with Crippen molar-refractivity contribution >= 4 is 5.65 Å². The fourth-order valence-corrected chi connectivity index (χ4v) is 3.10. The van der Waals surface area contributed by atoms with Crippen LogP contribution in [0.5, 0.6) is 5.75 Å². The number of rotatable bonds is 6. The van der Waals surface area contributed by atoms with Gasteiger partial charge in [0.25, 0.3) is 0 Å². The lowest BCUT2D eigenvalue weighted by Gasteiger charge is -2.15. The van der Waals surface area contributed by atoms with E-state index in [-0.39, 0.29) is 5.65 Å². The van der Waals surface area contributed by atoms with Crippen LogP contribution in [0.2, 0.25) is 0 Å². The molecule has 1 atom stereocenters. The smallest absolute Gasteiger partial charge is 0.434 e. The molecule has 0 aliphatic rings. The van der Waals surface area contributed by atoms with E-state index in [1.165, 1.54) is 6.20 Å². The van der Waals surface area contributed by atoms with E-state index >= 15 is 0 Å². The molecule has 7 heteroatoms. The fraction of sp³-hybridized carbons (Fsp3) is 0.400. The van der Waals surface area contributed by atoms with Crippen molar-refractivity contribution in [2.45, 2.75) is 33.4 Å². The Labute approximate surface area is 156 Å². The third-order valence-electron chi connectivity index (χ3n) is 4.23. The van der Waals surface area contributed by atoms with Crippen molar-refractivity contribution in [3.8, 4) is 16.9 Å². The molecular formula is C20H22F3N3O. The number of fused-ring (bicyclic) bond motifs is 1. The van der Waals surface area contributed by atoms with E-state index in [2.05, 4.69) is 30.9 Å². The van der Waals surface area contributed by atoms with Gasteiger partial charge in [-0.05, 0) is 42.0 Å². The maximum absolute atomic E-state index is 12.9. The van der Waals surface area contributed by atoms with E-state index in [1.807, 2.05) is 24.3 Å². The van der Waals surface area contributed by atoms with E-state index in [1.54, 1.807) is 6.07 Å². The Morgan fingerprint density at radius 1 is 1.07 bits per heavy atom. The van der Waals surface area contributed by atoms with Crippen molar-refractivity contribution in [2.24, 2.45) is 11.8 Å². The number of benzene rings is 1. The second kappa shape index (κ2) is 7.58. The molecule has 0 spiro atoms. The van der Waals surface area contributed by atoms with Crippen LogP contribution in [-0.2, 0) is 6.18 Å². The van der Waals surface area contributed by atoms with Crippen LogP contribution >= 0.6 is 0 Å². The minimum atomic E-state index is -4.50. The molecule has 3 rings (SSSR count). The van der Waals surface area contributed by atoms with Gasteiger partial charge in [-0.2, -0.15) is 18.3 Å². The van der Waals surface area contributed by atoms with Gasteiger partial charge in [-0.15, -0.1) is 0 Å². The van der Waals surface area contributed by atoms with E-state index < -0.39 is 11.9 Å². The van der Waals surface area contributed by atoms with Crippen molar-refractivity contribution in [1.29, 1.82) is 0 Å². The van der Waals surface area contributed by atoms with Crippen molar-refractivity contribution in [1.82, 2.24) is 14.6 Å². The third-order valence-corrected chi connectivity index (χ3v) is 4.23. The van der Waals surface area contributed by atoms with Crippen LogP contribution in [0.1, 0.15) is 32.9 Å². The van der Waals surface area contributed by atoms with Crippen molar-refractivity contribution in [3.05, 3.63) is 48.4 Å². The Bertz CT molecular complexity index is 901. The second-order valence-corrected chi connectivity index (χ2v) is 7.21. The highest BCUT2D eigenvalue weighted by atomic mass is 19.4. The van der Waals surface area contributed by atoms with Gasteiger partial charge >= 0.3 is 6.18 Å². The summed E-state index contributed by atoms with van der Waals surface area (Å²) < 4.78 is 45.7. The second-order valence-electron chi connectivity index (χ2n) is 7.21. The summed E-state index contributed by atoms with van der Waals surface area (Å²) in [5.74, 6) is 1.81. The zero-order chi connectivity index (χ0) is 19.6. The van der Waals surface area contributed by atoms with Gasteiger partial charge in [0, 0.05) is 11.8 Å². The van der Waals surface area contributed by atoms with Gasteiger partial charge in [0.1, 0.15) is 5.75 Å². The summed E-state index contributed by atoms with van der Waals surface area (Å²) in [6, 6.07) is 8.94. The first-order chi connectivity index (χ1) is 12.7. The molecule has 1 aromatic carbocycles. The number of halogens is 3. The molecule has 144 valence electrons. The SMILES string of the molecule is CC(C)C[C@H](C)COc1ccc(-c2ccnn3cc(C(F)(F)F)nc23)cc1. The summed E-state index contributed by atoms with van der Waals surface area (Å²) in [7, 11) is 0. The molecular weight excluding hydrogens is 355 g/mol. The van der Waals surface area contributed by atoms with E-state index in [9.17, 15) is 13.2 Å². The third kappa shape index (κ3) is 4.59. The minimum Gasteiger partial charge on any atom is -0.493 e. The Balaban J connectivity index is 1.80. The van der Waals surface area contributed by atoms with Gasteiger partial charge in [-0.3, -0.25) is 0 Å². The van der Waals surface area contributed by atoms with Crippen LogP contribution < -0.4 is 4.74 Å². The van der Waals surface area contributed by atoms with Crippen LogP contribution in [0.3, 0.4) is 0 Å². The molecule has 0 amide bonds. The van der Waals surface area contributed by atoms with Gasteiger partial charge in [-0.25, -0.2) is 9.50 Å². The predicted molar refractivity (Wildman–Crippen MR) is 97.5 cm³/mol. The largest absolute Gasteiger partial charge is 0.493 e. The number of hydrogen-bond donors (Lipinski definition) is 0. The number of nitrogens with zero attached hydrogens (tertiary/aromatic N) is 3. The highest BCUT2D eigenvalue weighted by Gasteiger charge is 2.34. The molecule has 0 saturated heterocycles. The number of hydrogen-bond acceptors (Lipinski definition) is 3. The molecule has 0 radical (unpaired) electrons. The Kier molecular flexibility index (Phi) is 5.39. The van der Waals surface area contributed by atoms with Crippen LogP contribution in [0.4, 0.5) is 13.2 Å². The van der Waals surface area contributed by atoms with Gasteiger partial charge in [-0.1, -0.05) is 32.9 Å². The summed E-state index contributed by atoms with van der Waals surface area (Å²) >= 11 is 0. The van der Waals surface area contributed by atoms with Crippen molar-refractivity contribution in [2.75, 3.05) is 6.61 Å². The summed E-state index contributed by atoms with van der Waals surface area (Å²) in [5.41, 5.74) is 0.551. The highest BCUT2D eigenvalue weighted by Crippen LogP contribution is 2.31. The normalized spacial score (nSPS) is 13.3. The van der Waals surface area contributed by atoms with Crippen molar-refractivity contribution in [3.63, 3.8) is 0 Å². The number of aromatic nitrogens is 3. The van der Waals surface area contributed by atoms with Gasteiger partial charge in [0.05, 0.1) is 12.8 Å². The molecule has 2 aromatic heterocycles. The molecule has 0 bridgehead atoms. The van der Waals surface area contributed by atoms with Gasteiger partial charge in [0.15, 0.2) is 11.3 Å². The highest BCUT2D eigenvalue weighted by molar-refractivity contribution is 5.77. The number of ether oxygens (including phenoxy) is 1. The van der Waals surface area contributed by atoms with Gasteiger partial charge in [0.2, 0.25) is 0 Å². The summed E-state index contributed by atoms with van der Waals surface area (Å²) in [6.07, 6.45) is -1.06. The maximum Gasteiger partial charge on any atom is 0.434 e. The molecule has 27 heavy (non-hydrogen) atoms. The van der Waals surface area contributed by atoms with E-state index in [4.69, 9.17) is 4.74 Å². The first-order valence-electron chi connectivity index (χ1n) is 8.89. The maximum atomic E-state index is 12.9. The molecule has 0 fully saturated rings. The zero-order valence-corrected chi connectivity index (χ0v) is 15.5. The standard InChI is InChI=1S/C20H22F3N3O/c1-13(2)10-14(3)12-27-16-6-4-15(5-7-16)17-8-9-24-26-11-18(20(21,22)23)25-19(17)26/h4-9,11,13-14H,10,12H2,1-3H3/t14-/m0/s1. The summed E-state index contributed by atoms with van der Waals surface area (Å²) in [4.78, 5) is 3.71. The Morgan fingerprint density at radius 3 is 2.41 bits per heavy atom. The van der Waals surface area contributed by atoms with E-state index in [0.29, 0.717) is 24.0 Å². The topological polar surface area (TPSA) is 39.4 Å². The van der Waals surface area contributed by atoms with Crippen LogP contribution in [0, 0.1) is 11.8 Å². The average molecular weight is 377 g/mol. The molecule has 0 aliphatic carbocycles. The van der Waals surface area contributed by atoms with Crippen molar-refractivity contribution < 1.29 is 17.9 Å². The summed E-state index contributed by atoms with van der Waals surface area (Å²) in [6.45, 7) is 7.14. The first kappa shape index (κ1) is 19.2. The summed E-state index contributed by atoms with van der Waals surface area (Å²) in [5, 5.41) is 3.92. The Hall–Kier alpha value is -2.57. The lowest BCUT2D eigenvalue weighted by atomic mass is 10.00. The van der Waals surface area contributed by atoms with E-state index in [0.717, 1.165) is 28.4 Å².